The van der Waals surface area contributed by atoms with Crippen LogP contribution in [0.5, 0.6) is 5.75 Å². The van der Waals surface area contributed by atoms with E-state index in [1.54, 1.807) is 18.9 Å². The summed E-state index contributed by atoms with van der Waals surface area (Å²) in [6.45, 7) is 0.468. The average Bonchev–Trinajstić information content (AvgIpc) is 3.04. The first kappa shape index (κ1) is 16.8. The summed E-state index contributed by atoms with van der Waals surface area (Å²) in [5.41, 5.74) is 0.752. The van der Waals surface area contributed by atoms with Gasteiger partial charge in [-0.05, 0) is 55.0 Å². The normalized spacial score (nSPS) is 19.9. The number of hydrogen-bond donors (Lipinski definition) is 3. The molecule has 2 unspecified atom stereocenters. The number of carbonyl (C=O) groups is 1. The molecule has 6 heteroatoms. The first-order chi connectivity index (χ1) is 11.6. The average molecular weight is 344 g/mol. The summed E-state index contributed by atoms with van der Waals surface area (Å²) in [7, 11) is 1.65. The number of ether oxygens (including phenoxy) is 1. The van der Waals surface area contributed by atoms with Gasteiger partial charge < -0.3 is 20.5 Å². The van der Waals surface area contributed by atoms with E-state index in [0.717, 1.165) is 21.2 Å². The van der Waals surface area contributed by atoms with Gasteiger partial charge in [-0.25, -0.2) is 0 Å². The van der Waals surface area contributed by atoms with Gasteiger partial charge in [-0.3, -0.25) is 4.79 Å². The molecular formula is C18H20N2O3S. The lowest BCUT2D eigenvalue weighted by Gasteiger charge is -2.11. The molecule has 0 saturated carbocycles. The van der Waals surface area contributed by atoms with Gasteiger partial charge in [0.2, 0.25) is 5.91 Å². The van der Waals surface area contributed by atoms with Crippen LogP contribution in [0, 0.1) is 0 Å². The number of hydrogen-bond acceptors (Lipinski definition) is 5. The predicted molar refractivity (Wildman–Crippen MR) is 94.6 cm³/mol. The van der Waals surface area contributed by atoms with E-state index in [1.807, 2.05) is 48.5 Å². The maximum Gasteiger partial charge on any atom is 0.241 e. The Morgan fingerprint density at radius 3 is 2.33 bits per heavy atom. The quantitative estimate of drug-likeness (QED) is 0.777. The number of amides is 1. The molecule has 2 atom stereocenters. The molecule has 2 aromatic carbocycles. The summed E-state index contributed by atoms with van der Waals surface area (Å²) in [5.74, 6) is 0.727. The Bertz CT molecular complexity index is 688. The molecule has 1 saturated heterocycles. The molecule has 3 rings (SSSR count). The lowest BCUT2D eigenvalue weighted by atomic mass is 10.2. The Hall–Kier alpha value is -2.02. The Balaban J connectivity index is 1.57. The summed E-state index contributed by atoms with van der Waals surface area (Å²) in [6.07, 6.45) is 0.0149. The Morgan fingerprint density at radius 1 is 1.17 bits per heavy atom. The SMILES string of the molecule is COc1ccc(Sc2ccc(NC(=O)C3CC(O)CN3)cc2)cc1. The highest BCUT2D eigenvalue weighted by atomic mass is 32.2. The van der Waals surface area contributed by atoms with Crippen LogP contribution in [-0.2, 0) is 4.79 Å². The number of β-amino-alcohol motifs (C(OH)–C–C–N with tert-alkyl or cyclic N) is 1. The van der Waals surface area contributed by atoms with Gasteiger partial charge in [0.05, 0.1) is 19.3 Å². The van der Waals surface area contributed by atoms with Crippen LogP contribution in [0.1, 0.15) is 6.42 Å². The fourth-order valence-corrected chi connectivity index (χ4v) is 3.35. The van der Waals surface area contributed by atoms with Crippen LogP contribution in [0.4, 0.5) is 5.69 Å². The van der Waals surface area contributed by atoms with Crippen molar-refractivity contribution in [2.75, 3.05) is 19.0 Å². The summed E-state index contributed by atoms with van der Waals surface area (Å²) < 4.78 is 5.15. The largest absolute Gasteiger partial charge is 0.497 e. The van der Waals surface area contributed by atoms with Crippen LogP contribution in [0.2, 0.25) is 0 Å². The van der Waals surface area contributed by atoms with Crippen molar-refractivity contribution in [1.82, 2.24) is 5.32 Å². The van der Waals surface area contributed by atoms with Crippen molar-refractivity contribution in [3.63, 3.8) is 0 Å². The predicted octanol–water partition coefficient (Wildman–Crippen LogP) is 2.51. The standard InChI is InChI=1S/C18H20N2O3S/c1-23-14-4-8-16(9-5-14)24-15-6-2-12(3-7-15)20-18(22)17-10-13(21)11-19-17/h2-9,13,17,19,21H,10-11H2,1H3,(H,20,22). The van der Waals surface area contributed by atoms with Gasteiger partial charge in [0, 0.05) is 22.0 Å². The van der Waals surface area contributed by atoms with Gasteiger partial charge in [0.25, 0.3) is 0 Å². The topological polar surface area (TPSA) is 70.6 Å². The van der Waals surface area contributed by atoms with E-state index in [1.165, 1.54) is 0 Å². The van der Waals surface area contributed by atoms with Crippen LogP contribution in [-0.4, -0.2) is 36.8 Å². The third-order valence-corrected chi connectivity index (χ3v) is 4.86. The van der Waals surface area contributed by atoms with E-state index in [-0.39, 0.29) is 11.9 Å². The Morgan fingerprint density at radius 2 is 1.79 bits per heavy atom. The van der Waals surface area contributed by atoms with Crippen molar-refractivity contribution in [2.24, 2.45) is 0 Å². The fraction of sp³-hybridized carbons (Fsp3) is 0.278. The molecule has 5 nitrogen and oxygen atoms in total. The lowest BCUT2D eigenvalue weighted by Crippen LogP contribution is -2.35. The van der Waals surface area contributed by atoms with E-state index < -0.39 is 6.10 Å². The van der Waals surface area contributed by atoms with Gasteiger partial charge >= 0.3 is 0 Å². The third kappa shape index (κ3) is 4.29. The molecule has 0 spiro atoms. The molecule has 1 heterocycles. The van der Waals surface area contributed by atoms with Crippen molar-refractivity contribution in [3.8, 4) is 5.75 Å². The Kier molecular flexibility index (Phi) is 5.40. The molecule has 0 bridgehead atoms. The van der Waals surface area contributed by atoms with Gasteiger partial charge in [-0.15, -0.1) is 0 Å². The second kappa shape index (κ2) is 7.70. The summed E-state index contributed by atoms with van der Waals surface area (Å²) >= 11 is 1.65. The molecule has 0 radical (unpaired) electrons. The summed E-state index contributed by atoms with van der Waals surface area (Å²) in [6, 6.07) is 15.3. The second-order valence-electron chi connectivity index (χ2n) is 5.64. The number of methoxy groups -OCH3 is 1. The minimum atomic E-state index is -0.441. The molecule has 0 aliphatic carbocycles. The molecule has 1 amide bonds. The second-order valence-corrected chi connectivity index (χ2v) is 6.79. The third-order valence-electron chi connectivity index (χ3n) is 3.84. The maximum atomic E-state index is 12.1. The van der Waals surface area contributed by atoms with E-state index >= 15 is 0 Å². The first-order valence-corrected chi connectivity index (χ1v) is 8.60. The van der Waals surface area contributed by atoms with Crippen molar-refractivity contribution < 1.29 is 14.6 Å². The molecule has 1 aliphatic rings. The van der Waals surface area contributed by atoms with Crippen LogP contribution >= 0.6 is 11.8 Å². The number of nitrogens with one attached hydrogen (secondary N) is 2. The van der Waals surface area contributed by atoms with Crippen molar-refractivity contribution in [2.45, 2.75) is 28.4 Å². The smallest absolute Gasteiger partial charge is 0.241 e. The summed E-state index contributed by atoms with van der Waals surface area (Å²) in [4.78, 5) is 14.3. The number of anilines is 1. The minimum absolute atomic E-state index is 0.109. The number of aliphatic hydroxyl groups is 1. The lowest BCUT2D eigenvalue weighted by molar-refractivity contribution is -0.117. The van der Waals surface area contributed by atoms with Crippen LogP contribution < -0.4 is 15.4 Å². The van der Waals surface area contributed by atoms with Crippen LogP contribution in [0.25, 0.3) is 0 Å². The van der Waals surface area contributed by atoms with Crippen LogP contribution in [0.3, 0.4) is 0 Å². The number of benzene rings is 2. The highest BCUT2D eigenvalue weighted by Gasteiger charge is 2.27. The highest BCUT2D eigenvalue weighted by Crippen LogP contribution is 2.29. The van der Waals surface area contributed by atoms with E-state index in [2.05, 4.69) is 10.6 Å². The van der Waals surface area contributed by atoms with Gasteiger partial charge in [0.1, 0.15) is 5.75 Å². The van der Waals surface area contributed by atoms with Crippen molar-refractivity contribution in [3.05, 3.63) is 48.5 Å². The number of rotatable bonds is 5. The highest BCUT2D eigenvalue weighted by molar-refractivity contribution is 7.99. The molecule has 1 aliphatic heterocycles. The fourth-order valence-electron chi connectivity index (χ4n) is 2.53. The molecule has 3 N–H and O–H groups in total. The molecule has 126 valence electrons. The zero-order chi connectivity index (χ0) is 16.9. The molecule has 2 aromatic rings. The Labute approximate surface area is 145 Å². The molecule has 0 aromatic heterocycles. The van der Waals surface area contributed by atoms with E-state index in [0.29, 0.717) is 13.0 Å². The number of aliphatic hydroxyl groups excluding tert-OH is 1. The van der Waals surface area contributed by atoms with E-state index in [9.17, 15) is 9.90 Å². The van der Waals surface area contributed by atoms with Crippen molar-refractivity contribution in [1.29, 1.82) is 0 Å². The molecule has 1 fully saturated rings. The molecular weight excluding hydrogens is 324 g/mol. The maximum absolute atomic E-state index is 12.1. The van der Waals surface area contributed by atoms with Gasteiger partial charge in [-0.1, -0.05) is 11.8 Å². The summed E-state index contributed by atoms with van der Waals surface area (Å²) in [5, 5.41) is 15.3. The van der Waals surface area contributed by atoms with Crippen LogP contribution in [0.15, 0.2) is 58.3 Å². The van der Waals surface area contributed by atoms with Gasteiger partial charge in [-0.2, -0.15) is 0 Å². The number of carbonyl (C=O) groups excluding carboxylic acids is 1. The molecule has 24 heavy (non-hydrogen) atoms. The minimum Gasteiger partial charge on any atom is -0.497 e. The first-order valence-electron chi connectivity index (χ1n) is 7.78. The van der Waals surface area contributed by atoms with Crippen molar-refractivity contribution >= 4 is 23.4 Å². The van der Waals surface area contributed by atoms with Gasteiger partial charge in [0.15, 0.2) is 0 Å². The zero-order valence-electron chi connectivity index (χ0n) is 13.4. The monoisotopic (exact) mass is 344 g/mol. The zero-order valence-corrected chi connectivity index (χ0v) is 14.2. The van der Waals surface area contributed by atoms with E-state index in [4.69, 9.17) is 4.74 Å².